The predicted octanol–water partition coefficient (Wildman–Crippen LogP) is 3.70. The second kappa shape index (κ2) is 11.1. The lowest BCUT2D eigenvalue weighted by atomic mass is 9.93. The van der Waals surface area contributed by atoms with Gasteiger partial charge in [0.15, 0.2) is 0 Å². The van der Waals surface area contributed by atoms with Crippen molar-refractivity contribution in [2.45, 2.75) is 52.6 Å². The first kappa shape index (κ1) is 21.5. The SMILES string of the molecule is CCCC[C@@H](CC(=O)O)/C(=N/Nc1ccc(OC)cc1)C(=O)OC(C)C. The van der Waals surface area contributed by atoms with Gasteiger partial charge in [0.25, 0.3) is 0 Å². The summed E-state index contributed by atoms with van der Waals surface area (Å²) in [5.74, 6) is -1.38. The zero-order chi connectivity index (χ0) is 19.5. The fourth-order valence-corrected chi connectivity index (χ4v) is 2.37. The first-order valence-corrected chi connectivity index (χ1v) is 8.77. The number of carbonyl (C=O) groups excluding carboxylic acids is 1. The number of rotatable bonds is 11. The van der Waals surface area contributed by atoms with E-state index >= 15 is 0 Å². The number of hydrazone groups is 1. The Morgan fingerprint density at radius 3 is 2.38 bits per heavy atom. The van der Waals surface area contributed by atoms with Crippen LogP contribution in [0.5, 0.6) is 5.75 Å². The third kappa shape index (κ3) is 7.55. The first-order chi connectivity index (χ1) is 12.4. The van der Waals surface area contributed by atoms with E-state index in [1.165, 1.54) is 0 Å². The lowest BCUT2D eigenvalue weighted by Crippen LogP contribution is -2.30. The zero-order valence-electron chi connectivity index (χ0n) is 15.8. The lowest BCUT2D eigenvalue weighted by Gasteiger charge is -2.18. The van der Waals surface area contributed by atoms with Gasteiger partial charge in [0, 0.05) is 5.92 Å². The number of aliphatic carboxylic acids is 1. The normalized spacial score (nSPS) is 12.6. The average Bonchev–Trinajstić information content (AvgIpc) is 2.59. The third-order valence-electron chi connectivity index (χ3n) is 3.66. The van der Waals surface area contributed by atoms with Crippen LogP contribution in [0.25, 0.3) is 0 Å². The molecule has 7 heteroatoms. The van der Waals surface area contributed by atoms with Gasteiger partial charge < -0.3 is 14.6 Å². The van der Waals surface area contributed by atoms with E-state index in [1.807, 2.05) is 6.92 Å². The Balaban J connectivity index is 3.05. The molecule has 1 aromatic rings. The summed E-state index contributed by atoms with van der Waals surface area (Å²) in [6.07, 6.45) is 1.77. The fourth-order valence-electron chi connectivity index (χ4n) is 2.37. The smallest absolute Gasteiger partial charge is 0.355 e. The van der Waals surface area contributed by atoms with Gasteiger partial charge in [-0.2, -0.15) is 5.10 Å². The Kier molecular flexibility index (Phi) is 9.19. The van der Waals surface area contributed by atoms with E-state index in [9.17, 15) is 14.7 Å². The summed E-state index contributed by atoms with van der Waals surface area (Å²) >= 11 is 0. The highest BCUT2D eigenvalue weighted by molar-refractivity contribution is 6.37. The van der Waals surface area contributed by atoms with Gasteiger partial charge in [0.05, 0.1) is 25.3 Å². The van der Waals surface area contributed by atoms with E-state index in [2.05, 4.69) is 10.5 Å². The van der Waals surface area contributed by atoms with E-state index in [0.717, 1.165) is 12.8 Å². The molecule has 0 amide bonds. The van der Waals surface area contributed by atoms with Gasteiger partial charge in [-0.25, -0.2) is 4.79 Å². The summed E-state index contributed by atoms with van der Waals surface area (Å²) in [4.78, 5) is 23.7. The van der Waals surface area contributed by atoms with Crippen molar-refractivity contribution < 1.29 is 24.2 Å². The number of ether oxygens (including phenoxy) is 2. The zero-order valence-corrected chi connectivity index (χ0v) is 15.8. The number of nitrogens with zero attached hydrogens (tertiary/aromatic N) is 1. The molecule has 0 fully saturated rings. The molecular weight excluding hydrogens is 336 g/mol. The molecule has 2 N–H and O–H groups in total. The van der Waals surface area contributed by atoms with Crippen LogP contribution in [0.3, 0.4) is 0 Å². The Bertz CT molecular complexity index is 611. The highest BCUT2D eigenvalue weighted by Crippen LogP contribution is 2.19. The minimum absolute atomic E-state index is 0.102. The van der Waals surface area contributed by atoms with Crippen LogP contribution in [-0.4, -0.2) is 36.0 Å². The van der Waals surface area contributed by atoms with E-state index in [-0.39, 0.29) is 18.2 Å². The number of methoxy groups -OCH3 is 1. The fraction of sp³-hybridized carbons (Fsp3) is 0.526. The molecule has 26 heavy (non-hydrogen) atoms. The van der Waals surface area contributed by atoms with Gasteiger partial charge in [-0.3, -0.25) is 10.2 Å². The highest BCUT2D eigenvalue weighted by Gasteiger charge is 2.27. The number of benzene rings is 1. The summed E-state index contributed by atoms with van der Waals surface area (Å²) in [6, 6.07) is 7.03. The van der Waals surface area contributed by atoms with E-state index in [1.54, 1.807) is 45.2 Å². The number of hydrogen-bond donors (Lipinski definition) is 2. The van der Waals surface area contributed by atoms with Gasteiger partial charge in [-0.15, -0.1) is 0 Å². The molecule has 0 aliphatic heterocycles. The van der Waals surface area contributed by atoms with Crippen molar-refractivity contribution in [2.75, 3.05) is 12.5 Å². The summed E-state index contributed by atoms with van der Waals surface area (Å²) in [5.41, 5.74) is 3.58. The Morgan fingerprint density at radius 2 is 1.88 bits per heavy atom. The van der Waals surface area contributed by atoms with E-state index in [0.29, 0.717) is 17.9 Å². The van der Waals surface area contributed by atoms with Crippen LogP contribution in [-0.2, 0) is 14.3 Å². The van der Waals surface area contributed by atoms with Gasteiger partial charge in [0.2, 0.25) is 0 Å². The van der Waals surface area contributed by atoms with Gasteiger partial charge in [0.1, 0.15) is 11.5 Å². The van der Waals surface area contributed by atoms with Gasteiger partial charge in [-0.05, 0) is 44.5 Å². The van der Waals surface area contributed by atoms with Crippen molar-refractivity contribution in [3.05, 3.63) is 24.3 Å². The minimum Gasteiger partial charge on any atom is -0.497 e. The maximum atomic E-state index is 12.5. The monoisotopic (exact) mass is 364 g/mol. The molecule has 7 nitrogen and oxygen atoms in total. The molecule has 0 radical (unpaired) electrons. The number of unbranched alkanes of at least 4 members (excludes halogenated alkanes) is 1. The summed E-state index contributed by atoms with van der Waals surface area (Å²) in [5, 5.41) is 13.4. The second-order valence-corrected chi connectivity index (χ2v) is 6.23. The molecule has 0 unspecified atom stereocenters. The van der Waals surface area contributed by atoms with Crippen LogP contribution in [0.2, 0.25) is 0 Å². The number of anilines is 1. The third-order valence-corrected chi connectivity index (χ3v) is 3.66. The quantitative estimate of drug-likeness (QED) is 0.353. The topological polar surface area (TPSA) is 97.2 Å². The molecule has 0 spiro atoms. The molecule has 0 saturated heterocycles. The lowest BCUT2D eigenvalue weighted by molar-refractivity contribution is -0.139. The molecular formula is C19H28N2O5. The van der Waals surface area contributed by atoms with Crippen molar-refractivity contribution in [1.82, 2.24) is 0 Å². The van der Waals surface area contributed by atoms with E-state index in [4.69, 9.17) is 9.47 Å². The molecule has 0 aliphatic rings. The number of carboxylic acids is 1. The molecule has 0 heterocycles. The van der Waals surface area contributed by atoms with Crippen LogP contribution >= 0.6 is 0 Å². The van der Waals surface area contributed by atoms with Gasteiger partial charge >= 0.3 is 11.9 Å². The number of esters is 1. The van der Waals surface area contributed by atoms with Crippen molar-refractivity contribution in [1.29, 1.82) is 0 Å². The van der Waals surface area contributed by atoms with Crippen LogP contribution in [0.15, 0.2) is 29.4 Å². The molecule has 0 aromatic heterocycles. The van der Waals surface area contributed by atoms with Crippen LogP contribution < -0.4 is 10.2 Å². The Labute approximate surface area is 154 Å². The first-order valence-electron chi connectivity index (χ1n) is 8.77. The van der Waals surface area contributed by atoms with Crippen molar-refractivity contribution in [2.24, 2.45) is 11.0 Å². The summed E-state index contributed by atoms with van der Waals surface area (Å²) in [6.45, 7) is 5.49. The van der Waals surface area contributed by atoms with Crippen LogP contribution in [0, 0.1) is 5.92 Å². The summed E-state index contributed by atoms with van der Waals surface area (Å²) in [7, 11) is 1.57. The molecule has 0 aliphatic carbocycles. The van der Waals surface area contributed by atoms with Crippen molar-refractivity contribution >= 4 is 23.3 Å². The second-order valence-electron chi connectivity index (χ2n) is 6.23. The molecule has 0 bridgehead atoms. The standard InChI is InChI=1S/C19H28N2O5/c1-5-6-7-14(12-17(22)23)18(19(24)26-13(2)3)21-20-15-8-10-16(25-4)11-9-15/h8-11,13-14,20H,5-7,12H2,1-4H3,(H,22,23)/b21-18-/t14-/m0/s1. The molecule has 0 saturated carbocycles. The van der Waals surface area contributed by atoms with Crippen molar-refractivity contribution in [3.8, 4) is 5.75 Å². The number of carbonyl (C=O) groups is 2. The maximum absolute atomic E-state index is 12.5. The van der Waals surface area contributed by atoms with Crippen molar-refractivity contribution in [3.63, 3.8) is 0 Å². The Morgan fingerprint density at radius 1 is 1.23 bits per heavy atom. The predicted molar refractivity (Wildman–Crippen MR) is 101 cm³/mol. The molecule has 1 atom stereocenters. The largest absolute Gasteiger partial charge is 0.497 e. The molecule has 1 aromatic carbocycles. The molecule has 144 valence electrons. The van der Waals surface area contributed by atoms with Gasteiger partial charge in [-0.1, -0.05) is 19.8 Å². The van der Waals surface area contributed by atoms with Crippen LogP contribution in [0.1, 0.15) is 46.5 Å². The number of hydrogen-bond acceptors (Lipinski definition) is 6. The number of carboxylic acid groups (broad SMARTS) is 1. The maximum Gasteiger partial charge on any atom is 0.355 e. The highest BCUT2D eigenvalue weighted by atomic mass is 16.5. The summed E-state index contributed by atoms with van der Waals surface area (Å²) < 4.78 is 10.4. The van der Waals surface area contributed by atoms with Crippen LogP contribution in [0.4, 0.5) is 5.69 Å². The average molecular weight is 364 g/mol. The minimum atomic E-state index is -0.972. The van der Waals surface area contributed by atoms with E-state index < -0.39 is 17.9 Å². The Hall–Kier alpha value is -2.57. The number of nitrogens with one attached hydrogen (secondary N) is 1. The molecule has 1 rings (SSSR count).